The molecule has 6 nitrogen and oxygen atoms in total. The predicted molar refractivity (Wildman–Crippen MR) is 156 cm³/mol. The highest BCUT2D eigenvalue weighted by molar-refractivity contribution is 5.95. The van der Waals surface area contributed by atoms with Crippen molar-refractivity contribution in [1.29, 1.82) is 0 Å². The zero-order chi connectivity index (χ0) is 28.0. The van der Waals surface area contributed by atoms with Crippen LogP contribution in [0.2, 0.25) is 0 Å². The number of benzene rings is 3. The molecule has 4 aliphatic carbocycles. The number of rotatable bonds is 9. The van der Waals surface area contributed by atoms with Gasteiger partial charge in [0.05, 0.1) is 5.56 Å². The van der Waals surface area contributed by atoms with Gasteiger partial charge in [0.2, 0.25) is 0 Å². The number of ether oxygens (including phenoxy) is 3. The van der Waals surface area contributed by atoms with E-state index in [1.807, 2.05) is 12.1 Å². The summed E-state index contributed by atoms with van der Waals surface area (Å²) in [5.41, 5.74) is 3.86. The number of carbonyl (C=O) groups excluding carboxylic acids is 1. The quantitative estimate of drug-likeness (QED) is 0.302. The van der Waals surface area contributed by atoms with E-state index in [9.17, 15) is 14.7 Å². The predicted octanol–water partition coefficient (Wildman–Crippen LogP) is 7.16. The van der Waals surface area contributed by atoms with E-state index in [4.69, 9.17) is 14.2 Å². The van der Waals surface area contributed by atoms with Gasteiger partial charge >= 0.3 is 5.97 Å². The molecule has 3 aromatic carbocycles. The number of fused-ring (bicyclic) bond motifs is 1. The monoisotopic (exact) mass is 554 g/mol. The van der Waals surface area contributed by atoms with Crippen molar-refractivity contribution < 1.29 is 28.9 Å². The number of carboxylic acids is 1. The van der Waals surface area contributed by atoms with Gasteiger partial charge < -0.3 is 19.3 Å². The Labute approximate surface area is 241 Å². The van der Waals surface area contributed by atoms with Crippen LogP contribution in [0.4, 0.5) is 0 Å². The highest BCUT2D eigenvalue weighted by Gasteiger charge is 2.52. The molecule has 214 valence electrons. The van der Waals surface area contributed by atoms with Gasteiger partial charge in [-0.2, -0.15) is 0 Å². The Morgan fingerprint density at radius 3 is 2.22 bits per heavy atom. The van der Waals surface area contributed by atoms with Crippen LogP contribution in [0, 0.1) is 17.8 Å². The van der Waals surface area contributed by atoms with Gasteiger partial charge in [0.25, 0.3) is 0 Å². The molecule has 1 N–H and O–H groups in total. The molecule has 4 bridgehead atoms. The first-order valence-electron chi connectivity index (χ1n) is 15.2. The molecule has 1 unspecified atom stereocenters. The van der Waals surface area contributed by atoms with Crippen LogP contribution < -0.4 is 4.74 Å². The first-order chi connectivity index (χ1) is 19.9. The zero-order valence-corrected chi connectivity index (χ0v) is 23.5. The van der Waals surface area contributed by atoms with Gasteiger partial charge in [-0.3, -0.25) is 4.79 Å². The number of carboxylic acid groups (broad SMARTS) is 1. The minimum absolute atomic E-state index is 0.00663. The molecule has 1 heterocycles. The maximum absolute atomic E-state index is 12.8. The lowest BCUT2D eigenvalue weighted by Crippen LogP contribution is -2.48. The summed E-state index contributed by atoms with van der Waals surface area (Å²) in [7, 11) is 0. The van der Waals surface area contributed by atoms with Crippen molar-refractivity contribution in [2.45, 2.75) is 69.5 Å². The summed E-state index contributed by atoms with van der Waals surface area (Å²) in [5, 5.41) is 11.3. The van der Waals surface area contributed by atoms with Gasteiger partial charge in [-0.15, -0.1) is 0 Å². The van der Waals surface area contributed by atoms with Crippen LogP contribution in [0.5, 0.6) is 5.75 Å². The van der Waals surface area contributed by atoms with E-state index >= 15 is 0 Å². The average molecular weight is 555 g/mol. The molecule has 8 rings (SSSR count). The van der Waals surface area contributed by atoms with Crippen LogP contribution in [0.25, 0.3) is 21.9 Å². The molecule has 6 heteroatoms. The molecule has 5 fully saturated rings. The van der Waals surface area contributed by atoms with Crippen molar-refractivity contribution in [2.75, 3.05) is 19.8 Å². The Kier molecular flexibility index (Phi) is 7.08. The van der Waals surface area contributed by atoms with E-state index in [1.54, 1.807) is 12.1 Å². The molecule has 1 aliphatic heterocycles. The Balaban J connectivity index is 1.17. The standard InChI is InChI=1S/C35H38O6/c36-30(21-41-33-3-1-2-10-39-33)20-40-32-9-8-28(26-4-5-27-15-29(34(37)38)7-6-25(27)14-26)16-31(32)35-17-22-11-23(18-35)13-24(12-22)19-35/h4-9,14-16,22-24,33H,1-3,10-13,17-21H2,(H,37,38). The first kappa shape index (κ1) is 26.7. The fourth-order valence-electron chi connectivity index (χ4n) is 8.48. The van der Waals surface area contributed by atoms with Crippen LogP contribution in [0.3, 0.4) is 0 Å². The summed E-state index contributed by atoms with van der Waals surface area (Å²) in [4.78, 5) is 24.2. The Bertz CT molecular complexity index is 1430. The summed E-state index contributed by atoms with van der Waals surface area (Å²) in [6.07, 6.45) is 10.3. The van der Waals surface area contributed by atoms with E-state index in [-0.39, 0.29) is 30.7 Å². The van der Waals surface area contributed by atoms with Crippen LogP contribution >= 0.6 is 0 Å². The fourth-order valence-corrected chi connectivity index (χ4v) is 8.48. The van der Waals surface area contributed by atoms with Gasteiger partial charge in [-0.05, 0) is 133 Å². The number of Topliss-reactive ketones (excluding diaryl/α,β-unsaturated/α-hetero) is 1. The molecule has 0 radical (unpaired) electrons. The first-order valence-corrected chi connectivity index (χ1v) is 15.2. The van der Waals surface area contributed by atoms with E-state index in [0.717, 1.165) is 64.7 Å². The number of hydrogen-bond donors (Lipinski definition) is 1. The molecule has 1 atom stereocenters. The maximum atomic E-state index is 12.8. The van der Waals surface area contributed by atoms with Gasteiger partial charge in [-0.25, -0.2) is 4.79 Å². The van der Waals surface area contributed by atoms with Crippen molar-refractivity contribution in [3.05, 3.63) is 65.7 Å². The molecular weight excluding hydrogens is 516 g/mol. The van der Waals surface area contributed by atoms with Gasteiger partial charge in [0, 0.05) is 12.2 Å². The fraction of sp³-hybridized carbons (Fsp3) is 0.486. The largest absolute Gasteiger partial charge is 0.485 e. The summed E-state index contributed by atoms with van der Waals surface area (Å²) in [5.74, 6) is 2.19. The zero-order valence-electron chi connectivity index (χ0n) is 23.5. The molecule has 41 heavy (non-hydrogen) atoms. The lowest BCUT2D eigenvalue weighted by atomic mass is 9.48. The second-order valence-corrected chi connectivity index (χ2v) is 12.9. The Morgan fingerprint density at radius 1 is 0.829 bits per heavy atom. The van der Waals surface area contributed by atoms with E-state index in [2.05, 4.69) is 30.3 Å². The molecule has 5 aliphatic rings. The Morgan fingerprint density at radius 2 is 1.51 bits per heavy atom. The van der Waals surface area contributed by atoms with Crippen molar-refractivity contribution in [1.82, 2.24) is 0 Å². The smallest absolute Gasteiger partial charge is 0.335 e. The molecule has 0 amide bonds. The Hall–Kier alpha value is -3.22. The third-order valence-corrected chi connectivity index (χ3v) is 9.97. The highest BCUT2D eigenvalue weighted by Crippen LogP contribution is 2.62. The lowest BCUT2D eigenvalue weighted by molar-refractivity contribution is -0.169. The SMILES string of the molecule is O=C(COc1ccc(-c2ccc3cc(C(=O)O)ccc3c2)cc1C12CC3CC(CC(C3)C1)C2)COC1CCCCO1. The summed E-state index contributed by atoms with van der Waals surface area (Å²) in [6, 6.07) is 17.9. The van der Waals surface area contributed by atoms with Gasteiger partial charge in [-0.1, -0.05) is 24.3 Å². The van der Waals surface area contributed by atoms with Crippen molar-refractivity contribution >= 4 is 22.5 Å². The van der Waals surface area contributed by atoms with E-state index in [1.165, 1.54) is 44.1 Å². The second kappa shape index (κ2) is 10.9. The number of hydrogen-bond acceptors (Lipinski definition) is 5. The van der Waals surface area contributed by atoms with Gasteiger partial charge in [0.15, 0.2) is 12.1 Å². The maximum Gasteiger partial charge on any atom is 0.335 e. The molecule has 0 aromatic heterocycles. The third kappa shape index (κ3) is 5.40. The summed E-state index contributed by atoms with van der Waals surface area (Å²) < 4.78 is 17.6. The minimum atomic E-state index is -0.917. The highest BCUT2D eigenvalue weighted by atomic mass is 16.7. The van der Waals surface area contributed by atoms with Crippen LogP contribution in [-0.4, -0.2) is 43.0 Å². The minimum Gasteiger partial charge on any atom is -0.485 e. The number of carbonyl (C=O) groups is 2. The van der Waals surface area contributed by atoms with Crippen LogP contribution in [-0.2, 0) is 19.7 Å². The van der Waals surface area contributed by atoms with Crippen LogP contribution in [0.1, 0.15) is 73.7 Å². The van der Waals surface area contributed by atoms with Crippen molar-refractivity contribution in [3.63, 3.8) is 0 Å². The van der Waals surface area contributed by atoms with Gasteiger partial charge in [0.1, 0.15) is 19.0 Å². The van der Waals surface area contributed by atoms with Crippen molar-refractivity contribution in [3.8, 4) is 16.9 Å². The van der Waals surface area contributed by atoms with E-state index in [0.29, 0.717) is 12.2 Å². The molecule has 3 aromatic rings. The second-order valence-electron chi connectivity index (χ2n) is 12.9. The summed E-state index contributed by atoms with van der Waals surface area (Å²) >= 11 is 0. The molecule has 4 saturated carbocycles. The van der Waals surface area contributed by atoms with Crippen molar-refractivity contribution in [2.24, 2.45) is 17.8 Å². The number of ketones is 1. The lowest BCUT2D eigenvalue weighted by Gasteiger charge is -2.57. The summed E-state index contributed by atoms with van der Waals surface area (Å²) in [6.45, 7) is 0.695. The molecular formula is C35H38O6. The normalized spacial score (nSPS) is 28.6. The third-order valence-electron chi connectivity index (χ3n) is 9.97. The van der Waals surface area contributed by atoms with Crippen LogP contribution in [0.15, 0.2) is 54.6 Å². The molecule has 0 spiro atoms. The number of aromatic carboxylic acids is 1. The average Bonchev–Trinajstić information content (AvgIpc) is 2.98. The molecule has 1 saturated heterocycles. The van der Waals surface area contributed by atoms with E-state index < -0.39 is 5.97 Å². The topological polar surface area (TPSA) is 82.1 Å².